The number of carbonyl (C=O) groups is 2. The highest BCUT2D eigenvalue weighted by Gasteiger charge is 2.29. The van der Waals surface area contributed by atoms with E-state index in [4.69, 9.17) is 4.74 Å². The molecular formula is C26H21FN2O3. The number of para-hydroxylation sites is 1. The molecule has 0 spiro atoms. The predicted octanol–water partition coefficient (Wildman–Crippen LogP) is 4.82. The number of carbonyl (C=O) groups excluding carboxylic acids is 2. The van der Waals surface area contributed by atoms with Crippen LogP contribution in [0.15, 0.2) is 72.8 Å². The highest BCUT2D eigenvalue weighted by Crippen LogP contribution is 2.31. The fourth-order valence-corrected chi connectivity index (χ4v) is 4.14. The van der Waals surface area contributed by atoms with Crippen LogP contribution in [0.1, 0.15) is 38.3 Å². The Balaban J connectivity index is 1.34. The number of hydrogen-bond acceptors (Lipinski definition) is 4. The Morgan fingerprint density at radius 3 is 2.59 bits per heavy atom. The second-order valence-electron chi connectivity index (χ2n) is 7.93. The Morgan fingerprint density at radius 1 is 1.03 bits per heavy atom. The van der Waals surface area contributed by atoms with E-state index in [-0.39, 0.29) is 17.5 Å². The van der Waals surface area contributed by atoms with Gasteiger partial charge >= 0.3 is 5.97 Å². The minimum absolute atomic E-state index is 0.0114. The predicted molar refractivity (Wildman–Crippen MR) is 121 cm³/mol. The van der Waals surface area contributed by atoms with E-state index in [1.54, 1.807) is 35.2 Å². The van der Waals surface area contributed by atoms with Gasteiger partial charge in [0.25, 0.3) is 5.91 Å². The first kappa shape index (κ1) is 20.0. The van der Waals surface area contributed by atoms with Crippen LogP contribution in [-0.4, -0.2) is 35.9 Å². The van der Waals surface area contributed by atoms with Crippen molar-refractivity contribution in [3.05, 3.63) is 101 Å². The summed E-state index contributed by atoms with van der Waals surface area (Å²) in [6.45, 7) is 1.06. The molecule has 3 aromatic carbocycles. The van der Waals surface area contributed by atoms with Crippen LogP contribution in [0.5, 0.6) is 0 Å². The van der Waals surface area contributed by atoms with Crippen LogP contribution in [0.4, 0.5) is 10.1 Å². The maximum atomic E-state index is 14.6. The van der Waals surface area contributed by atoms with Crippen molar-refractivity contribution in [2.75, 3.05) is 18.4 Å². The molecule has 0 aromatic heterocycles. The molecule has 2 aliphatic heterocycles. The Bertz CT molecular complexity index is 1220. The lowest BCUT2D eigenvalue weighted by molar-refractivity contribution is 0.0716. The van der Waals surface area contributed by atoms with Crippen molar-refractivity contribution < 1.29 is 18.7 Å². The maximum Gasteiger partial charge on any atom is 0.344 e. The summed E-state index contributed by atoms with van der Waals surface area (Å²) in [5.41, 5.74) is 2.78. The fraction of sp³-hybridized carbons (Fsp3) is 0.154. The van der Waals surface area contributed by atoms with Crippen molar-refractivity contribution in [3.63, 3.8) is 0 Å². The average molecular weight is 428 g/mol. The number of amides is 1. The van der Waals surface area contributed by atoms with E-state index < -0.39 is 11.8 Å². The van der Waals surface area contributed by atoms with E-state index >= 15 is 0 Å². The first-order valence-electron chi connectivity index (χ1n) is 10.5. The molecule has 0 aliphatic carbocycles. The van der Waals surface area contributed by atoms with Gasteiger partial charge in [-0.05, 0) is 48.4 Å². The smallest absolute Gasteiger partial charge is 0.344 e. The van der Waals surface area contributed by atoms with Gasteiger partial charge in [-0.2, -0.15) is 0 Å². The summed E-state index contributed by atoms with van der Waals surface area (Å²) in [4.78, 5) is 26.8. The minimum Gasteiger partial charge on any atom is -0.422 e. The second-order valence-corrected chi connectivity index (χ2v) is 7.93. The van der Waals surface area contributed by atoms with Crippen LogP contribution < -0.4 is 5.32 Å². The lowest BCUT2D eigenvalue weighted by atomic mass is 10.0. The van der Waals surface area contributed by atoms with E-state index in [0.717, 1.165) is 12.1 Å². The van der Waals surface area contributed by atoms with Gasteiger partial charge < -0.3 is 15.0 Å². The molecule has 6 heteroatoms. The van der Waals surface area contributed by atoms with Crippen molar-refractivity contribution in [2.45, 2.75) is 12.5 Å². The van der Waals surface area contributed by atoms with Gasteiger partial charge in [-0.1, -0.05) is 42.5 Å². The molecule has 0 radical (unpaired) electrons. The van der Waals surface area contributed by atoms with Crippen molar-refractivity contribution in [1.82, 2.24) is 4.90 Å². The number of ether oxygens (including phenoxy) is 1. The second kappa shape index (κ2) is 8.30. The molecule has 5 nitrogen and oxygen atoms in total. The van der Waals surface area contributed by atoms with Gasteiger partial charge in [-0.15, -0.1) is 0 Å². The summed E-state index contributed by atoms with van der Waals surface area (Å²) in [5.74, 6) is -0.937. The van der Waals surface area contributed by atoms with Crippen molar-refractivity contribution in [1.29, 1.82) is 0 Å². The van der Waals surface area contributed by atoms with Gasteiger partial charge in [0.2, 0.25) is 0 Å². The fourth-order valence-electron chi connectivity index (χ4n) is 4.14. The minimum atomic E-state index is -0.569. The molecule has 160 valence electrons. The van der Waals surface area contributed by atoms with Gasteiger partial charge in [-0.3, -0.25) is 4.79 Å². The number of esters is 1. The van der Waals surface area contributed by atoms with Gasteiger partial charge in [0.1, 0.15) is 11.6 Å². The SMILES string of the molecule is O=C1OC(=Cc2ccc(F)c(C(=O)N3CCC(Nc4ccccc4)C3)c2)c2ccccc21. The molecule has 0 bridgehead atoms. The third kappa shape index (κ3) is 3.87. The summed E-state index contributed by atoms with van der Waals surface area (Å²) in [7, 11) is 0. The van der Waals surface area contributed by atoms with Crippen molar-refractivity contribution in [3.8, 4) is 0 Å². The monoisotopic (exact) mass is 428 g/mol. The molecule has 5 rings (SSSR count). The molecule has 1 N–H and O–H groups in total. The number of nitrogens with zero attached hydrogens (tertiary/aromatic N) is 1. The highest BCUT2D eigenvalue weighted by atomic mass is 19.1. The van der Waals surface area contributed by atoms with E-state index in [0.29, 0.717) is 35.5 Å². The number of nitrogens with one attached hydrogen (secondary N) is 1. The van der Waals surface area contributed by atoms with E-state index in [2.05, 4.69) is 5.32 Å². The summed E-state index contributed by atoms with van der Waals surface area (Å²) in [6.07, 6.45) is 2.45. The molecule has 1 atom stereocenters. The topological polar surface area (TPSA) is 58.6 Å². The van der Waals surface area contributed by atoms with Crippen LogP contribution in [-0.2, 0) is 4.74 Å². The van der Waals surface area contributed by atoms with Gasteiger partial charge in [0, 0.05) is 30.4 Å². The van der Waals surface area contributed by atoms with Crippen LogP contribution in [0.25, 0.3) is 11.8 Å². The highest BCUT2D eigenvalue weighted by molar-refractivity contribution is 6.05. The largest absolute Gasteiger partial charge is 0.422 e. The molecular weight excluding hydrogens is 407 g/mol. The number of halogens is 1. The quantitative estimate of drug-likeness (QED) is 0.606. The number of hydrogen-bond donors (Lipinski definition) is 1. The van der Waals surface area contributed by atoms with Crippen molar-refractivity contribution >= 4 is 29.4 Å². The van der Waals surface area contributed by atoms with Gasteiger partial charge in [0.05, 0.1) is 11.1 Å². The van der Waals surface area contributed by atoms with Gasteiger partial charge in [-0.25, -0.2) is 9.18 Å². The molecule has 2 aliphatic rings. The molecule has 0 saturated carbocycles. The number of benzene rings is 3. The molecule has 2 heterocycles. The molecule has 1 saturated heterocycles. The lowest BCUT2D eigenvalue weighted by Crippen LogP contribution is -2.32. The third-order valence-electron chi connectivity index (χ3n) is 5.75. The summed E-state index contributed by atoms with van der Waals surface area (Å²) in [6, 6.07) is 21.4. The summed E-state index contributed by atoms with van der Waals surface area (Å²) in [5, 5.41) is 3.42. The first-order chi connectivity index (χ1) is 15.6. The number of cyclic esters (lactones) is 1. The Labute approximate surface area is 185 Å². The standard InChI is InChI=1S/C26H21FN2O3/c27-23-11-10-17(15-24-20-8-4-5-9-21(20)26(31)32-24)14-22(23)25(30)29-13-12-19(16-29)28-18-6-2-1-3-7-18/h1-11,14-15,19,28H,12-13,16H2. The number of rotatable bonds is 4. The molecule has 32 heavy (non-hydrogen) atoms. The van der Waals surface area contributed by atoms with E-state index in [1.807, 2.05) is 36.4 Å². The number of likely N-dealkylation sites (tertiary alicyclic amines) is 1. The van der Waals surface area contributed by atoms with Crippen molar-refractivity contribution in [2.24, 2.45) is 0 Å². The first-order valence-corrected chi connectivity index (χ1v) is 10.5. The number of anilines is 1. The Kier molecular flexibility index (Phi) is 5.19. The Morgan fingerprint density at radius 2 is 1.78 bits per heavy atom. The van der Waals surface area contributed by atoms with E-state index in [1.165, 1.54) is 12.1 Å². The van der Waals surface area contributed by atoms with Crippen LogP contribution in [0, 0.1) is 5.82 Å². The summed E-state index contributed by atoms with van der Waals surface area (Å²) < 4.78 is 19.9. The zero-order chi connectivity index (χ0) is 22.1. The van der Waals surface area contributed by atoms with E-state index in [9.17, 15) is 14.0 Å². The average Bonchev–Trinajstić information content (AvgIpc) is 3.40. The lowest BCUT2D eigenvalue weighted by Gasteiger charge is -2.18. The summed E-state index contributed by atoms with van der Waals surface area (Å²) >= 11 is 0. The number of fused-ring (bicyclic) bond motifs is 1. The normalized spacial score (nSPS) is 18.5. The Hall–Kier alpha value is -3.93. The maximum absolute atomic E-state index is 14.6. The molecule has 1 amide bonds. The zero-order valence-electron chi connectivity index (χ0n) is 17.3. The van der Waals surface area contributed by atoms with Crippen LogP contribution in [0.3, 0.4) is 0 Å². The molecule has 1 unspecified atom stereocenters. The van der Waals surface area contributed by atoms with Crippen LogP contribution >= 0.6 is 0 Å². The molecule has 3 aromatic rings. The zero-order valence-corrected chi connectivity index (χ0v) is 17.3. The van der Waals surface area contributed by atoms with Gasteiger partial charge in [0.15, 0.2) is 0 Å². The molecule has 1 fully saturated rings. The third-order valence-corrected chi connectivity index (χ3v) is 5.75. The van der Waals surface area contributed by atoms with Crippen LogP contribution in [0.2, 0.25) is 0 Å².